The Morgan fingerprint density at radius 1 is 1.14 bits per heavy atom. The highest BCUT2D eigenvalue weighted by atomic mass is 16.2. The standard InChI is InChI=1S/C16H25N3O2/c1-4-13(3)19-15(20)11-17-9-10-18-16(21)14-7-5-12(2)6-8-14/h5-8,13,17H,4,9-11H2,1-3H3,(H,18,21)(H,19,20). The molecule has 1 atom stereocenters. The Kier molecular flexibility index (Phi) is 7.46. The molecule has 1 aromatic rings. The van der Waals surface area contributed by atoms with Crippen LogP contribution in [0.3, 0.4) is 0 Å². The number of rotatable bonds is 8. The molecule has 0 aliphatic carbocycles. The van der Waals surface area contributed by atoms with Gasteiger partial charge in [-0.3, -0.25) is 9.59 Å². The van der Waals surface area contributed by atoms with Crippen molar-refractivity contribution < 1.29 is 9.59 Å². The number of hydrogen-bond acceptors (Lipinski definition) is 3. The molecule has 0 aromatic heterocycles. The zero-order chi connectivity index (χ0) is 15.7. The largest absolute Gasteiger partial charge is 0.353 e. The lowest BCUT2D eigenvalue weighted by atomic mass is 10.1. The number of carbonyl (C=O) groups is 2. The van der Waals surface area contributed by atoms with Gasteiger partial charge in [-0.1, -0.05) is 24.6 Å². The van der Waals surface area contributed by atoms with E-state index in [9.17, 15) is 9.59 Å². The monoisotopic (exact) mass is 291 g/mol. The van der Waals surface area contributed by atoms with Crippen molar-refractivity contribution >= 4 is 11.8 Å². The van der Waals surface area contributed by atoms with Crippen molar-refractivity contribution in [1.82, 2.24) is 16.0 Å². The van der Waals surface area contributed by atoms with Gasteiger partial charge in [0.05, 0.1) is 6.54 Å². The summed E-state index contributed by atoms with van der Waals surface area (Å²) in [5.41, 5.74) is 1.77. The highest BCUT2D eigenvalue weighted by Gasteiger charge is 2.05. The van der Waals surface area contributed by atoms with E-state index in [0.717, 1.165) is 12.0 Å². The molecule has 0 bridgehead atoms. The molecule has 3 N–H and O–H groups in total. The number of carbonyl (C=O) groups excluding carboxylic acids is 2. The van der Waals surface area contributed by atoms with Gasteiger partial charge >= 0.3 is 0 Å². The van der Waals surface area contributed by atoms with Crippen LogP contribution in [0, 0.1) is 6.92 Å². The third kappa shape index (κ3) is 6.90. The predicted octanol–water partition coefficient (Wildman–Crippen LogP) is 1.23. The first-order valence-corrected chi connectivity index (χ1v) is 7.38. The van der Waals surface area contributed by atoms with Crippen LogP contribution in [0.5, 0.6) is 0 Å². The normalized spacial score (nSPS) is 11.8. The minimum Gasteiger partial charge on any atom is -0.353 e. The zero-order valence-corrected chi connectivity index (χ0v) is 13.0. The van der Waals surface area contributed by atoms with Gasteiger partial charge in [0, 0.05) is 24.7 Å². The molecule has 1 unspecified atom stereocenters. The second kappa shape index (κ2) is 9.13. The topological polar surface area (TPSA) is 70.2 Å². The van der Waals surface area contributed by atoms with E-state index in [-0.39, 0.29) is 24.4 Å². The molecule has 0 heterocycles. The summed E-state index contributed by atoms with van der Waals surface area (Å²) in [6, 6.07) is 7.62. The molecule has 0 radical (unpaired) electrons. The Balaban J connectivity index is 2.15. The lowest BCUT2D eigenvalue weighted by Gasteiger charge is -2.12. The number of hydrogen-bond donors (Lipinski definition) is 3. The van der Waals surface area contributed by atoms with Crippen LogP contribution in [0.2, 0.25) is 0 Å². The number of benzene rings is 1. The van der Waals surface area contributed by atoms with Crippen molar-refractivity contribution in [2.75, 3.05) is 19.6 Å². The van der Waals surface area contributed by atoms with Crippen LogP contribution < -0.4 is 16.0 Å². The van der Waals surface area contributed by atoms with E-state index in [1.165, 1.54) is 0 Å². The molecule has 5 heteroatoms. The molecule has 0 saturated carbocycles. The van der Waals surface area contributed by atoms with E-state index in [0.29, 0.717) is 18.7 Å². The molecule has 116 valence electrons. The van der Waals surface area contributed by atoms with Crippen LogP contribution in [0.1, 0.15) is 36.2 Å². The second-order valence-electron chi connectivity index (χ2n) is 5.18. The van der Waals surface area contributed by atoms with Crippen LogP contribution in [-0.2, 0) is 4.79 Å². The molecule has 1 rings (SSSR count). The molecule has 0 aliphatic rings. The van der Waals surface area contributed by atoms with Gasteiger partial charge in [-0.25, -0.2) is 0 Å². The summed E-state index contributed by atoms with van der Waals surface area (Å²) in [5, 5.41) is 8.69. The van der Waals surface area contributed by atoms with Crippen LogP contribution in [0.4, 0.5) is 0 Å². The Labute approximate surface area is 126 Å². The maximum absolute atomic E-state index is 11.8. The van der Waals surface area contributed by atoms with Gasteiger partial charge in [-0.15, -0.1) is 0 Å². The van der Waals surface area contributed by atoms with Gasteiger partial charge in [0.15, 0.2) is 0 Å². The number of nitrogens with one attached hydrogen (secondary N) is 3. The molecule has 21 heavy (non-hydrogen) atoms. The van der Waals surface area contributed by atoms with E-state index >= 15 is 0 Å². The summed E-state index contributed by atoms with van der Waals surface area (Å²) in [5.74, 6) is -0.116. The van der Waals surface area contributed by atoms with Crippen molar-refractivity contribution in [2.24, 2.45) is 0 Å². The third-order valence-electron chi connectivity index (χ3n) is 3.21. The summed E-state index contributed by atoms with van der Waals surface area (Å²) < 4.78 is 0. The lowest BCUT2D eigenvalue weighted by molar-refractivity contribution is -0.120. The fourth-order valence-corrected chi connectivity index (χ4v) is 1.70. The van der Waals surface area contributed by atoms with E-state index < -0.39 is 0 Å². The summed E-state index contributed by atoms with van der Waals surface area (Å²) in [6.07, 6.45) is 0.915. The average Bonchev–Trinajstić information content (AvgIpc) is 2.47. The Hall–Kier alpha value is -1.88. The molecule has 1 aromatic carbocycles. The van der Waals surface area contributed by atoms with Gasteiger partial charge in [0.2, 0.25) is 5.91 Å². The van der Waals surface area contributed by atoms with Crippen molar-refractivity contribution in [2.45, 2.75) is 33.2 Å². The summed E-state index contributed by atoms with van der Waals surface area (Å²) in [7, 11) is 0. The number of amides is 2. The molecular formula is C16H25N3O2. The molecule has 2 amide bonds. The predicted molar refractivity (Wildman–Crippen MR) is 84.3 cm³/mol. The van der Waals surface area contributed by atoms with Crippen molar-refractivity contribution in [1.29, 1.82) is 0 Å². The van der Waals surface area contributed by atoms with Crippen molar-refractivity contribution in [3.63, 3.8) is 0 Å². The Morgan fingerprint density at radius 3 is 2.43 bits per heavy atom. The maximum Gasteiger partial charge on any atom is 0.251 e. The molecule has 0 aliphatic heterocycles. The van der Waals surface area contributed by atoms with Crippen LogP contribution in [0.25, 0.3) is 0 Å². The molecule has 0 fully saturated rings. The van der Waals surface area contributed by atoms with Crippen molar-refractivity contribution in [3.05, 3.63) is 35.4 Å². The average molecular weight is 291 g/mol. The molecule has 0 spiro atoms. The lowest BCUT2D eigenvalue weighted by Crippen LogP contribution is -2.41. The van der Waals surface area contributed by atoms with Crippen LogP contribution in [-0.4, -0.2) is 37.5 Å². The van der Waals surface area contributed by atoms with Gasteiger partial charge < -0.3 is 16.0 Å². The zero-order valence-electron chi connectivity index (χ0n) is 13.0. The first-order chi connectivity index (χ1) is 10.0. The van der Waals surface area contributed by atoms with E-state index in [1.807, 2.05) is 32.9 Å². The summed E-state index contributed by atoms with van der Waals surface area (Å²) in [4.78, 5) is 23.3. The van der Waals surface area contributed by atoms with Gasteiger partial charge in [-0.05, 0) is 32.4 Å². The highest BCUT2D eigenvalue weighted by molar-refractivity contribution is 5.94. The van der Waals surface area contributed by atoms with Gasteiger partial charge in [0.25, 0.3) is 5.91 Å². The first kappa shape index (κ1) is 17.2. The van der Waals surface area contributed by atoms with E-state index in [1.54, 1.807) is 12.1 Å². The quantitative estimate of drug-likeness (QED) is 0.631. The number of aryl methyl sites for hydroxylation is 1. The Morgan fingerprint density at radius 2 is 1.81 bits per heavy atom. The highest BCUT2D eigenvalue weighted by Crippen LogP contribution is 2.02. The van der Waals surface area contributed by atoms with E-state index in [2.05, 4.69) is 16.0 Å². The van der Waals surface area contributed by atoms with Gasteiger partial charge in [-0.2, -0.15) is 0 Å². The summed E-state index contributed by atoms with van der Waals surface area (Å²) in [6.45, 7) is 7.30. The van der Waals surface area contributed by atoms with Crippen molar-refractivity contribution in [3.8, 4) is 0 Å². The van der Waals surface area contributed by atoms with Gasteiger partial charge in [0.1, 0.15) is 0 Å². The smallest absolute Gasteiger partial charge is 0.251 e. The fraction of sp³-hybridized carbons (Fsp3) is 0.500. The van der Waals surface area contributed by atoms with Crippen LogP contribution in [0.15, 0.2) is 24.3 Å². The Bertz CT molecular complexity index is 457. The second-order valence-corrected chi connectivity index (χ2v) is 5.18. The first-order valence-electron chi connectivity index (χ1n) is 7.38. The minimum atomic E-state index is -0.0964. The molecule has 5 nitrogen and oxygen atoms in total. The van der Waals surface area contributed by atoms with Crippen LogP contribution >= 0.6 is 0 Å². The SMILES string of the molecule is CCC(C)NC(=O)CNCCNC(=O)c1ccc(C)cc1. The maximum atomic E-state index is 11.8. The molecular weight excluding hydrogens is 266 g/mol. The third-order valence-corrected chi connectivity index (χ3v) is 3.21. The minimum absolute atomic E-state index is 0.0192. The summed E-state index contributed by atoms with van der Waals surface area (Å²) >= 11 is 0. The fourth-order valence-electron chi connectivity index (χ4n) is 1.70. The molecule has 0 saturated heterocycles. The van der Waals surface area contributed by atoms with E-state index in [4.69, 9.17) is 0 Å².